The Balaban J connectivity index is 2.03. The van der Waals surface area contributed by atoms with Crippen LogP contribution in [0.4, 0.5) is 0 Å². The van der Waals surface area contributed by atoms with Gasteiger partial charge in [-0.15, -0.1) is 0 Å². The van der Waals surface area contributed by atoms with Crippen LogP contribution in [0.15, 0.2) is 60.7 Å². The fraction of sp³-hybridized carbons (Fsp3) is 0.231. The van der Waals surface area contributed by atoms with Crippen molar-refractivity contribution in [3.63, 3.8) is 0 Å². The minimum Gasteiger partial charge on any atom is -0.344 e. The number of benzene rings is 3. The van der Waals surface area contributed by atoms with Gasteiger partial charge in [0.05, 0.1) is 0 Å². The lowest BCUT2D eigenvalue weighted by Crippen LogP contribution is -1.96. The third kappa shape index (κ3) is 2.98. The fourth-order valence-electron chi connectivity index (χ4n) is 4.07. The first-order chi connectivity index (χ1) is 13.1. The monoisotopic (exact) mass is 353 g/mol. The molecule has 0 N–H and O–H groups in total. The second-order valence-corrected chi connectivity index (χ2v) is 7.54. The van der Waals surface area contributed by atoms with Crippen molar-refractivity contribution >= 4 is 34.0 Å². The average molecular weight is 354 g/mol. The van der Waals surface area contributed by atoms with Crippen molar-refractivity contribution in [3.8, 4) is 0 Å². The molecule has 0 saturated carbocycles. The third-order valence-electron chi connectivity index (χ3n) is 5.91. The molecule has 0 radical (unpaired) electrons. The molecule has 0 aliphatic carbocycles. The molecule has 1 heterocycles. The average Bonchev–Trinajstić information content (AvgIpc) is 2.99. The molecule has 0 aliphatic heterocycles. The zero-order valence-corrected chi connectivity index (χ0v) is 16.7. The molecule has 0 bridgehead atoms. The summed E-state index contributed by atoms with van der Waals surface area (Å²) in [6.07, 6.45) is 5.75. The van der Waals surface area contributed by atoms with Gasteiger partial charge in [0.15, 0.2) is 0 Å². The molecule has 4 rings (SSSR count). The molecule has 1 atom stereocenters. The minimum absolute atomic E-state index is 0.532. The Morgan fingerprint density at radius 2 is 1.63 bits per heavy atom. The fourth-order valence-corrected chi connectivity index (χ4v) is 4.07. The molecule has 1 unspecified atom stereocenters. The van der Waals surface area contributed by atoms with Crippen molar-refractivity contribution in [3.05, 3.63) is 82.9 Å². The highest BCUT2D eigenvalue weighted by molar-refractivity contribution is 6.12. The van der Waals surface area contributed by atoms with Gasteiger partial charge < -0.3 is 4.57 Å². The van der Waals surface area contributed by atoms with E-state index < -0.39 is 0 Å². The van der Waals surface area contributed by atoms with Gasteiger partial charge in [0.1, 0.15) is 0 Å². The van der Waals surface area contributed by atoms with Crippen LogP contribution in [0.5, 0.6) is 0 Å². The normalized spacial score (nSPS) is 13.0. The number of aromatic nitrogens is 1. The predicted octanol–water partition coefficient (Wildman–Crippen LogP) is 7.32. The smallest absolute Gasteiger partial charge is 0.0495 e. The van der Waals surface area contributed by atoms with Crippen LogP contribution >= 0.6 is 0 Å². The van der Waals surface area contributed by atoms with E-state index >= 15 is 0 Å². The van der Waals surface area contributed by atoms with Gasteiger partial charge in [0, 0.05) is 28.9 Å². The van der Waals surface area contributed by atoms with Gasteiger partial charge in [-0.2, -0.15) is 0 Å². The van der Waals surface area contributed by atoms with Crippen molar-refractivity contribution < 1.29 is 0 Å². The number of hydrogen-bond acceptors (Lipinski definition) is 0. The number of hydrogen-bond donors (Lipinski definition) is 0. The molecular weight excluding hydrogens is 326 g/mol. The van der Waals surface area contributed by atoms with Gasteiger partial charge in [-0.25, -0.2) is 0 Å². The van der Waals surface area contributed by atoms with Crippen molar-refractivity contribution in [1.82, 2.24) is 4.57 Å². The Bertz CT molecular complexity index is 1140. The number of fused-ring (bicyclic) bond motifs is 3. The van der Waals surface area contributed by atoms with Crippen molar-refractivity contribution in [1.29, 1.82) is 0 Å². The van der Waals surface area contributed by atoms with Crippen LogP contribution in [0.3, 0.4) is 0 Å². The Kier molecular flexibility index (Phi) is 4.61. The van der Waals surface area contributed by atoms with Crippen LogP contribution in [0.1, 0.15) is 48.4 Å². The largest absolute Gasteiger partial charge is 0.344 e. The third-order valence-corrected chi connectivity index (χ3v) is 5.91. The molecule has 1 heteroatoms. The summed E-state index contributed by atoms with van der Waals surface area (Å²) < 4.78 is 2.32. The Morgan fingerprint density at radius 3 is 2.41 bits per heavy atom. The molecule has 1 aromatic heterocycles. The molecule has 4 aromatic rings. The van der Waals surface area contributed by atoms with Crippen molar-refractivity contribution in [2.45, 2.75) is 33.1 Å². The van der Waals surface area contributed by atoms with E-state index in [1.807, 2.05) is 0 Å². The van der Waals surface area contributed by atoms with Crippen molar-refractivity contribution in [2.24, 2.45) is 7.05 Å². The standard InChI is InChI=1S/C26H27N/c1-5-18(2)21-16-17-25-26(23-12-8-9-13-24(23)27(25)4)22(21)15-14-20-11-7-6-10-19(20)3/h6-18H,5H2,1-4H3/b15-14-. The predicted molar refractivity (Wildman–Crippen MR) is 119 cm³/mol. The molecule has 0 spiro atoms. The van der Waals surface area contributed by atoms with Gasteiger partial charge in [-0.1, -0.05) is 74.5 Å². The van der Waals surface area contributed by atoms with E-state index in [1.54, 1.807) is 0 Å². The lowest BCUT2D eigenvalue weighted by molar-refractivity contribution is 0.733. The summed E-state index contributed by atoms with van der Waals surface area (Å²) >= 11 is 0. The molecule has 3 aromatic carbocycles. The topological polar surface area (TPSA) is 4.93 Å². The van der Waals surface area contributed by atoms with E-state index in [4.69, 9.17) is 0 Å². The van der Waals surface area contributed by atoms with Gasteiger partial charge in [-0.05, 0) is 53.6 Å². The summed E-state index contributed by atoms with van der Waals surface area (Å²) in [7, 11) is 2.17. The first-order valence-electron chi connectivity index (χ1n) is 9.85. The van der Waals surface area contributed by atoms with Crippen LogP contribution in [-0.4, -0.2) is 4.57 Å². The summed E-state index contributed by atoms with van der Waals surface area (Å²) in [4.78, 5) is 0. The highest BCUT2D eigenvalue weighted by atomic mass is 14.9. The summed E-state index contributed by atoms with van der Waals surface area (Å²) in [6.45, 7) is 6.78. The maximum Gasteiger partial charge on any atom is 0.0495 e. The SMILES string of the molecule is CCC(C)c1ccc2c(c1/C=C\c1ccccc1C)c1ccccc1n2C. The number of rotatable bonds is 4. The number of aryl methyl sites for hydroxylation is 2. The minimum atomic E-state index is 0.532. The van der Waals surface area contributed by atoms with Crippen molar-refractivity contribution in [2.75, 3.05) is 0 Å². The highest BCUT2D eigenvalue weighted by Gasteiger charge is 2.16. The zero-order valence-electron chi connectivity index (χ0n) is 16.7. The molecule has 136 valence electrons. The molecule has 0 amide bonds. The summed E-state index contributed by atoms with van der Waals surface area (Å²) in [5.74, 6) is 0.532. The Labute approximate surface area is 162 Å². The maximum atomic E-state index is 2.33. The molecular formula is C26H27N. The molecule has 27 heavy (non-hydrogen) atoms. The van der Waals surface area contributed by atoms with Gasteiger partial charge >= 0.3 is 0 Å². The first kappa shape index (κ1) is 17.6. The van der Waals surface area contributed by atoms with Gasteiger partial charge in [-0.3, -0.25) is 0 Å². The lowest BCUT2D eigenvalue weighted by atomic mass is 9.90. The van der Waals surface area contributed by atoms with E-state index in [1.165, 1.54) is 44.1 Å². The van der Waals surface area contributed by atoms with E-state index in [0.29, 0.717) is 5.92 Å². The molecule has 0 saturated heterocycles. The van der Waals surface area contributed by atoms with Gasteiger partial charge in [0.25, 0.3) is 0 Å². The summed E-state index contributed by atoms with van der Waals surface area (Å²) in [6, 6.07) is 21.9. The highest BCUT2D eigenvalue weighted by Crippen LogP contribution is 2.36. The Hall–Kier alpha value is -2.80. The zero-order chi connectivity index (χ0) is 19.0. The maximum absolute atomic E-state index is 2.33. The quantitative estimate of drug-likeness (QED) is 0.339. The van der Waals surface area contributed by atoms with Gasteiger partial charge in [0.2, 0.25) is 0 Å². The van der Waals surface area contributed by atoms with E-state index in [2.05, 4.69) is 105 Å². The van der Waals surface area contributed by atoms with Crippen LogP contribution in [0.2, 0.25) is 0 Å². The first-order valence-corrected chi connectivity index (χ1v) is 9.85. The second kappa shape index (κ2) is 7.08. The molecule has 0 aliphatic rings. The number of para-hydroxylation sites is 1. The van der Waals surface area contributed by atoms with E-state index in [0.717, 1.165) is 6.42 Å². The molecule has 1 nitrogen and oxygen atoms in total. The molecule has 0 fully saturated rings. The number of nitrogens with zero attached hydrogens (tertiary/aromatic N) is 1. The van der Waals surface area contributed by atoms with E-state index in [9.17, 15) is 0 Å². The van der Waals surface area contributed by atoms with Crippen LogP contribution in [-0.2, 0) is 7.05 Å². The lowest BCUT2D eigenvalue weighted by Gasteiger charge is -2.15. The second-order valence-electron chi connectivity index (χ2n) is 7.54. The van der Waals surface area contributed by atoms with Crippen LogP contribution in [0.25, 0.3) is 34.0 Å². The Morgan fingerprint density at radius 1 is 0.889 bits per heavy atom. The summed E-state index contributed by atoms with van der Waals surface area (Å²) in [5.41, 5.74) is 7.98. The summed E-state index contributed by atoms with van der Waals surface area (Å²) in [5, 5.41) is 2.71. The van der Waals surface area contributed by atoms with E-state index in [-0.39, 0.29) is 0 Å². The van der Waals surface area contributed by atoms with Crippen LogP contribution in [0, 0.1) is 6.92 Å². The van der Waals surface area contributed by atoms with Crippen LogP contribution < -0.4 is 0 Å².